The molecule has 0 aliphatic rings. The SMILES string of the molecule is O=C(CSc1nccs1)c1ccc(O)cc1O. The van der Waals surface area contributed by atoms with Gasteiger partial charge >= 0.3 is 0 Å². The van der Waals surface area contributed by atoms with Crippen LogP contribution < -0.4 is 0 Å². The van der Waals surface area contributed by atoms with E-state index in [1.54, 1.807) is 6.20 Å². The Labute approximate surface area is 106 Å². The fraction of sp³-hybridized carbons (Fsp3) is 0.0909. The molecule has 0 saturated heterocycles. The van der Waals surface area contributed by atoms with Gasteiger partial charge in [0.1, 0.15) is 15.8 Å². The highest BCUT2D eigenvalue weighted by Gasteiger charge is 2.12. The lowest BCUT2D eigenvalue weighted by molar-refractivity contribution is 0.102. The van der Waals surface area contributed by atoms with Gasteiger partial charge in [0.2, 0.25) is 0 Å². The summed E-state index contributed by atoms with van der Waals surface area (Å²) in [6.45, 7) is 0. The molecule has 0 atom stereocenters. The Kier molecular flexibility index (Phi) is 3.65. The molecule has 88 valence electrons. The summed E-state index contributed by atoms with van der Waals surface area (Å²) in [5, 5.41) is 20.5. The van der Waals surface area contributed by atoms with Crippen molar-refractivity contribution in [2.75, 3.05) is 5.75 Å². The van der Waals surface area contributed by atoms with Crippen molar-refractivity contribution in [1.82, 2.24) is 4.98 Å². The van der Waals surface area contributed by atoms with Gasteiger partial charge in [-0.15, -0.1) is 11.3 Å². The maximum absolute atomic E-state index is 11.8. The third-order valence-corrected chi connectivity index (χ3v) is 3.98. The lowest BCUT2D eigenvalue weighted by Gasteiger charge is -2.03. The van der Waals surface area contributed by atoms with Crippen LogP contribution >= 0.6 is 23.1 Å². The fourth-order valence-electron chi connectivity index (χ4n) is 1.24. The number of carbonyl (C=O) groups excluding carboxylic acids is 1. The second kappa shape index (κ2) is 5.20. The number of aromatic hydroxyl groups is 2. The molecule has 0 fully saturated rings. The fourth-order valence-corrected chi connectivity index (χ4v) is 2.76. The molecule has 2 rings (SSSR count). The minimum absolute atomic E-state index is 0.0633. The Morgan fingerprint density at radius 3 is 2.88 bits per heavy atom. The van der Waals surface area contributed by atoms with Crippen LogP contribution in [0.3, 0.4) is 0 Å². The zero-order valence-corrected chi connectivity index (χ0v) is 10.3. The first-order chi connectivity index (χ1) is 8.16. The third kappa shape index (κ3) is 2.98. The number of benzene rings is 1. The number of hydrogen-bond acceptors (Lipinski definition) is 6. The topological polar surface area (TPSA) is 70.4 Å². The van der Waals surface area contributed by atoms with E-state index in [4.69, 9.17) is 5.11 Å². The number of phenolic OH excluding ortho intramolecular Hbond substituents is 2. The average molecular weight is 267 g/mol. The first-order valence-electron chi connectivity index (χ1n) is 4.74. The number of rotatable bonds is 4. The molecule has 0 aliphatic heterocycles. The maximum Gasteiger partial charge on any atom is 0.176 e. The van der Waals surface area contributed by atoms with Crippen LogP contribution in [0.1, 0.15) is 10.4 Å². The molecule has 2 N–H and O–H groups in total. The number of hydrogen-bond donors (Lipinski definition) is 2. The monoisotopic (exact) mass is 267 g/mol. The minimum Gasteiger partial charge on any atom is -0.508 e. The van der Waals surface area contributed by atoms with Crippen molar-refractivity contribution in [3.05, 3.63) is 35.3 Å². The molecule has 6 heteroatoms. The quantitative estimate of drug-likeness (QED) is 0.658. The van der Waals surface area contributed by atoms with Gasteiger partial charge in [-0.1, -0.05) is 11.8 Å². The second-order valence-corrected chi connectivity index (χ2v) is 5.33. The van der Waals surface area contributed by atoms with E-state index in [0.717, 1.165) is 10.4 Å². The summed E-state index contributed by atoms with van der Waals surface area (Å²) in [6.07, 6.45) is 1.68. The van der Waals surface area contributed by atoms with Crippen molar-refractivity contribution in [2.45, 2.75) is 4.34 Å². The summed E-state index contributed by atoms with van der Waals surface area (Å²) in [5.74, 6) is -0.240. The number of Topliss-reactive ketones (excluding diaryl/α,β-unsaturated/α-hetero) is 1. The first-order valence-corrected chi connectivity index (χ1v) is 6.61. The van der Waals surface area contributed by atoms with Gasteiger partial charge in [-0.2, -0.15) is 0 Å². The van der Waals surface area contributed by atoms with Gasteiger partial charge in [-0.3, -0.25) is 4.79 Å². The highest BCUT2D eigenvalue weighted by Crippen LogP contribution is 2.26. The summed E-state index contributed by atoms with van der Waals surface area (Å²) in [7, 11) is 0. The van der Waals surface area contributed by atoms with E-state index >= 15 is 0 Å². The van der Waals surface area contributed by atoms with E-state index in [1.165, 1.54) is 35.2 Å². The molecule has 1 aromatic heterocycles. The molecule has 0 amide bonds. The van der Waals surface area contributed by atoms with Gasteiger partial charge in [0.15, 0.2) is 5.78 Å². The number of thioether (sulfide) groups is 1. The van der Waals surface area contributed by atoms with Crippen molar-refractivity contribution >= 4 is 28.9 Å². The lowest BCUT2D eigenvalue weighted by atomic mass is 10.1. The van der Waals surface area contributed by atoms with Crippen molar-refractivity contribution < 1.29 is 15.0 Å². The molecule has 0 saturated carbocycles. The maximum atomic E-state index is 11.8. The molecule has 0 spiro atoms. The Bertz CT molecular complexity index is 526. The molecule has 0 aliphatic carbocycles. The second-order valence-electron chi connectivity index (χ2n) is 3.21. The molecule has 0 bridgehead atoms. The van der Waals surface area contributed by atoms with Crippen LogP contribution in [0.15, 0.2) is 34.1 Å². The molecular weight excluding hydrogens is 258 g/mol. The Morgan fingerprint density at radius 2 is 2.24 bits per heavy atom. The van der Waals surface area contributed by atoms with Crippen LogP contribution in [0.25, 0.3) is 0 Å². The minimum atomic E-state index is -0.199. The zero-order chi connectivity index (χ0) is 12.3. The Hall–Kier alpha value is -1.53. The molecule has 0 radical (unpaired) electrons. The standard InChI is InChI=1S/C11H9NO3S2/c13-7-1-2-8(9(14)5-7)10(15)6-17-11-12-3-4-16-11/h1-5,13-14H,6H2. The zero-order valence-electron chi connectivity index (χ0n) is 8.66. The molecule has 1 heterocycles. The lowest BCUT2D eigenvalue weighted by Crippen LogP contribution is -2.02. The third-order valence-electron chi connectivity index (χ3n) is 2.02. The van der Waals surface area contributed by atoms with Crippen LogP contribution in [-0.4, -0.2) is 26.7 Å². The summed E-state index contributed by atoms with van der Waals surface area (Å²) in [5.41, 5.74) is 0.215. The van der Waals surface area contributed by atoms with Crippen molar-refractivity contribution in [3.63, 3.8) is 0 Å². The number of ketones is 1. The van der Waals surface area contributed by atoms with E-state index in [1.807, 2.05) is 5.38 Å². The van der Waals surface area contributed by atoms with E-state index in [2.05, 4.69) is 4.98 Å². The van der Waals surface area contributed by atoms with Crippen molar-refractivity contribution in [3.8, 4) is 11.5 Å². The molecule has 1 aromatic carbocycles. The molecule has 4 nitrogen and oxygen atoms in total. The molecule has 0 unspecified atom stereocenters. The van der Waals surface area contributed by atoms with Gasteiger partial charge in [-0.25, -0.2) is 4.98 Å². The summed E-state index contributed by atoms with van der Waals surface area (Å²) < 4.78 is 0.816. The van der Waals surface area contributed by atoms with Crippen LogP contribution in [0.4, 0.5) is 0 Å². The van der Waals surface area contributed by atoms with Crippen LogP contribution in [0.5, 0.6) is 11.5 Å². The van der Waals surface area contributed by atoms with Gasteiger partial charge in [0, 0.05) is 17.6 Å². The molecule has 17 heavy (non-hydrogen) atoms. The largest absolute Gasteiger partial charge is 0.508 e. The Balaban J connectivity index is 2.04. The van der Waals surface area contributed by atoms with Crippen molar-refractivity contribution in [2.24, 2.45) is 0 Å². The molecule has 2 aromatic rings. The predicted molar refractivity (Wildman–Crippen MR) is 66.9 cm³/mol. The first kappa shape index (κ1) is 11.9. The highest BCUT2D eigenvalue weighted by molar-refractivity contribution is 8.01. The summed E-state index contributed by atoms with van der Waals surface area (Å²) >= 11 is 2.79. The van der Waals surface area contributed by atoms with Gasteiger partial charge in [0.25, 0.3) is 0 Å². The van der Waals surface area contributed by atoms with E-state index in [9.17, 15) is 9.90 Å². The van der Waals surface area contributed by atoms with Crippen LogP contribution in [0.2, 0.25) is 0 Å². The van der Waals surface area contributed by atoms with Gasteiger partial charge in [0.05, 0.1) is 11.3 Å². The smallest absolute Gasteiger partial charge is 0.176 e. The number of nitrogens with zero attached hydrogens (tertiary/aromatic N) is 1. The average Bonchev–Trinajstić information content (AvgIpc) is 2.78. The summed E-state index contributed by atoms with van der Waals surface area (Å²) in [6, 6.07) is 3.94. The number of phenols is 2. The Morgan fingerprint density at radius 1 is 1.41 bits per heavy atom. The number of aromatic nitrogens is 1. The normalized spacial score (nSPS) is 10.4. The van der Waals surface area contributed by atoms with E-state index in [0.29, 0.717) is 0 Å². The molecular formula is C11H9NO3S2. The predicted octanol–water partition coefficient (Wildman–Crippen LogP) is 2.53. The van der Waals surface area contributed by atoms with Crippen LogP contribution in [-0.2, 0) is 0 Å². The highest BCUT2D eigenvalue weighted by atomic mass is 32.2. The van der Waals surface area contributed by atoms with E-state index < -0.39 is 0 Å². The number of thiazole rings is 1. The van der Waals surface area contributed by atoms with Gasteiger partial charge < -0.3 is 10.2 Å². The summed E-state index contributed by atoms with van der Waals surface area (Å²) in [4.78, 5) is 15.8. The van der Waals surface area contributed by atoms with Gasteiger partial charge in [-0.05, 0) is 12.1 Å². The van der Waals surface area contributed by atoms with Crippen molar-refractivity contribution in [1.29, 1.82) is 0 Å². The number of carbonyl (C=O) groups is 1. The van der Waals surface area contributed by atoms with E-state index in [-0.39, 0.29) is 28.6 Å². The van der Waals surface area contributed by atoms with Crippen LogP contribution in [0, 0.1) is 0 Å².